The molecule has 11 nitrogen and oxygen atoms in total. The summed E-state index contributed by atoms with van der Waals surface area (Å²) >= 11 is 0. The summed E-state index contributed by atoms with van der Waals surface area (Å²) < 4.78 is 16.5. The molecule has 1 aromatic carbocycles. The second-order valence-electron chi connectivity index (χ2n) is 9.27. The van der Waals surface area contributed by atoms with Crippen molar-refractivity contribution in [2.45, 2.75) is 32.4 Å². The van der Waals surface area contributed by atoms with E-state index in [-0.39, 0.29) is 18.7 Å². The van der Waals surface area contributed by atoms with E-state index in [2.05, 4.69) is 15.5 Å². The summed E-state index contributed by atoms with van der Waals surface area (Å²) in [6, 6.07) is 7.79. The fourth-order valence-corrected chi connectivity index (χ4v) is 4.45. The molecule has 1 unspecified atom stereocenters. The van der Waals surface area contributed by atoms with Crippen molar-refractivity contribution in [2.75, 3.05) is 76.4 Å². The van der Waals surface area contributed by atoms with Crippen molar-refractivity contribution < 1.29 is 24.1 Å². The van der Waals surface area contributed by atoms with E-state index in [1.807, 2.05) is 38.1 Å². The van der Waals surface area contributed by atoms with Crippen LogP contribution >= 0.6 is 0 Å². The Hall–Kier alpha value is -3.15. The highest BCUT2D eigenvalue weighted by molar-refractivity contribution is 5.69. The highest BCUT2D eigenvalue weighted by atomic mass is 16.6. The van der Waals surface area contributed by atoms with Crippen LogP contribution in [0.5, 0.6) is 5.75 Å². The highest BCUT2D eigenvalue weighted by Crippen LogP contribution is 2.31. The number of aromatic nitrogens is 2. The van der Waals surface area contributed by atoms with Gasteiger partial charge in [-0.2, -0.15) is 0 Å². The predicted molar refractivity (Wildman–Crippen MR) is 141 cm³/mol. The van der Waals surface area contributed by atoms with E-state index in [4.69, 9.17) is 24.2 Å². The zero-order chi connectivity index (χ0) is 26.2. The molecular formula is C26H38N6O5. The smallest absolute Gasteiger partial charge is 0.409 e. The predicted octanol–water partition coefficient (Wildman–Crippen LogP) is 1.89. The lowest BCUT2D eigenvalue weighted by Crippen LogP contribution is -2.49. The standard InChI is InChI=1S/C26H38N6O5/c1-4-36-26(34)32-11-9-31(10-12-32)25-18(2)23(28-20-8-13-35-16-20)29-24(30-25)19-6-5-7-22(14-19)37-17-21(33)15-27-3/h5-7,14,20-21,27,33H,4,8-13,15-17H2,1-3H3,(H,28,29,30)/t20-,21?/m1/s1. The molecule has 0 radical (unpaired) electrons. The number of nitrogens with one attached hydrogen (secondary N) is 2. The second kappa shape index (κ2) is 12.9. The van der Waals surface area contributed by atoms with Gasteiger partial charge < -0.3 is 39.8 Å². The van der Waals surface area contributed by atoms with E-state index in [1.54, 1.807) is 11.9 Å². The van der Waals surface area contributed by atoms with Crippen LogP contribution in [0.2, 0.25) is 0 Å². The SMILES string of the molecule is CCOC(=O)N1CCN(c2nc(-c3cccc(OCC(O)CNC)c3)nc(N[C@@H]3CCOC3)c2C)CC1. The number of aliphatic hydroxyl groups is 1. The van der Waals surface area contributed by atoms with Crippen LogP contribution < -0.4 is 20.3 Å². The van der Waals surface area contributed by atoms with Crippen LogP contribution in [0.1, 0.15) is 18.9 Å². The molecule has 2 aliphatic heterocycles. The van der Waals surface area contributed by atoms with E-state index in [0.717, 1.165) is 35.8 Å². The fraction of sp³-hybridized carbons (Fsp3) is 0.577. The Bertz CT molecular complexity index is 1040. The van der Waals surface area contributed by atoms with Gasteiger partial charge >= 0.3 is 6.09 Å². The van der Waals surface area contributed by atoms with Crippen LogP contribution in [-0.4, -0.2) is 104 Å². The number of amides is 1. The number of rotatable bonds is 10. The Morgan fingerprint density at radius 1 is 1.27 bits per heavy atom. The van der Waals surface area contributed by atoms with E-state index in [9.17, 15) is 9.90 Å². The first-order chi connectivity index (χ1) is 18.0. The lowest BCUT2D eigenvalue weighted by molar-refractivity contribution is 0.105. The van der Waals surface area contributed by atoms with Crippen LogP contribution in [0.4, 0.5) is 16.4 Å². The number of nitrogens with zero attached hydrogens (tertiary/aromatic N) is 4. The molecule has 1 aromatic heterocycles. The molecule has 11 heteroatoms. The topological polar surface area (TPSA) is 121 Å². The van der Waals surface area contributed by atoms with E-state index in [0.29, 0.717) is 57.5 Å². The third kappa shape index (κ3) is 7.00. The molecule has 1 amide bonds. The van der Waals surface area contributed by atoms with Gasteiger partial charge in [-0.15, -0.1) is 0 Å². The van der Waals surface area contributed by atoms with Crippen molar-refractivity contribution in [1.82, 2.24) is 20.2 Å². The maximum Gasteiger partial charge on any atom is 0.409 e. The molecule has 2 aromatic rings. The number of hydrogen-bond acceptors (Lipinski definition) is 10. The molecule has 0 aliphatic carbocycles. The van der Waals surface area contributed by atoms with Gasteiger partial charge in [-0.3, -0.25) is 0 Å². The summed E-state index contributed by atoms with van der Waals surface area (Å²) in [5.74, 6) is 2.83. The number of carbonyl (C=O) groups is 1. The number of piperazine rings is 1. The first-order valence-electron chi connectivity index (χ1n) is 12.9. The summed E-state index contributed by atoms with van der Waals surface area (Å²) in [7, 11) is 1.79. The maximum atomic E-state index is 12.2. The largest absolute Gasteiger partial charge is 0.491 e. The van der Waals surface area contributed by atoms with Crippen molar-refractivity contribution >= 4 is 17.7 Å². The monoisotopic (exact) mass is 514 g/mol. The van der Waals surface area contributed by atoms with Gasteiger partial charge in [0.25, 0.3) is 0 Å². The number of aliphatic hydroxyl groups excluding tert-OH is 1. The summed E-state index contributed by atoms with van der Waals surface area (Å²) in [6.45, 7) is 8.64. The number of carbonyl (C=O) groups excluding carboxylic acids is 1. The zero-order valence-electron chi connectivity index (χ0n) is 21.9. The number of hydrogen-bond donors (Lipinski definition) is 3. The van der Waals surface area contributed by atoms with E-state index < -0.39 is 6.10 Å². The Morgan fingerprint density at radius 2 is 2.08 bits per heavy atom. The molecule has 0 bridgehead atoms. The second-order valence-corrected chi connectivity index (χ2v) is 9.27. The maximum absolute atomic E-state index is 12.2. The third-order valence-corrected chi connectivity index (χ3v) is 6.47. The van der Waals surface area contributed by atoms with Gasteiger partial charge in [-0.1, -0.05) is 12.1 Å². The first-order valence-corrected chi connectivity index (χ1v) is 12.9. The van der Waals surface area contributed by atoms with E-state index >= 15 is 0 Å². The lowest BCUT2D eigenvalue weighted by atomic mass is 10.1. The molecular weight excluding hydrogens is 476 g/mol. The molecule has 4 rings (SSSR count). The number of likely N-dealkylation sites (N-methyl/N-ethyl adjacent to an activating group) is 1. The molecule has 0 spiro atoms. The van der Waals surface area contributed by atoms with Gasteiger partial charge in [0.1, 0.15) is 30.1 Å². The zero-order valence-corrected chi connectivity index (χ0v) is 21.9. The molecule has 37 heavy (non-hydrogen) atoms. The molecule has 2 aliphatic rings. The Labute approximate surface area is 218 Å². The van der Waals surface area contributed by atoms with Crippen LogP contribution in [-0.2, 0) is 9.47 Å². The molecule has 0 saturated carbocycles. The minimum Gasteiger partial charge on any atom is -0.491 e. The van der Waals surface area contributed by atoms with Crippen LogP contribution in [0.15, 0.2) is 24.3 Å². The summed E-state index contributed by atoms with van der Waals surface area (Å²) in [5.41, 5.74) is 1.78. The first kappa shape index (κ1) is 26.9. The van der Waals surface area contributed by atoms with Crippen LogP contribution in [0, 0.1) is 6.92 Å². The number of ether oxygens (including phenoxy) is 3. The number of anilines is 2. The van der Waals surface area contributed by atoms with Gasteiger partial charge in [0.2, 0.25) is 0 Å². The van der Waals surface area contributed by atoms with Crippen LogP contribution in [0.3, 0.4) is 0 Å². The highest BCUT2D eigenvalue weighted by Gasteiger charge is 2.26. The van der Waals surface area contributed by atoms with Crippen molar-refractivity contribution in [1.29, 1.82) is 0 Å². The Balaban J connectivity index is 1.59. The minimum absolute atomic E-state index is 0.184. The summed E-state index contributed by atoms with van der Waals surface area (Å²) in [4.78, 5) is 26.0. The molecule has 2 fully saturated rings. The van der Waals surface area contributed by atoms with Crippen LogP contribution in [0.25, 0.3) is 11.4 Å². The molecule has 3 heterocycles. The van der Waals surface area contributed by atoms with Crippen molar-refractivity contribution in [3.8, 4) is 17.1 Å². The van der Waals surface area contributed by atoms with Crippen molar-refractivity contribution in [3.63, 3.8) is 0 Å². The summed E-state index contributed by atoms with van der Waals surface area (Å²) in [5, 5.41) is 16.5. The molecule has 2 saturated heterocycles. The van der Waals surface area contributed by atoms with E-state index in [1.165, 1.54) is 0 Å². The third-order valence-electron chi connectivity index (χ3n) is 6.47. The van der Waals surface area contributed by atoms with Crippen molar-refractivity contribution in [3.05, 3.63) is 29.8 Å². The normalized spacial score (nSPS) is 18.5. The number of benzene rings is 1. The van der Waals surface area contributed by atoms with Gasteiger partial charge in [-0.25, -0.2) is 14.8 Å². The Morgan fingerprint density at radius 3 is 2.78 bits per heavy atom. The average Bonchev–Trinajstić information content (AvgIpc) is 3.42. The minimum atomic E-state index is -0.603. The Kier molecular flexibility index (Phi) is 9.37. The fourth-order valence-electron chi connectivity index (χ4n) is 4.45. The molecule has 202 valence electrons. The quantitative estimate of drug-likeness (QED) is 0.433. The summed E-state index contributed by atoms with van der Waals surface area (Å²) in [6.07, 6.45) is 0.0426. The average molecular weight is 515 g/mol. The van der Waals surface area contributed by atoms with Gasteiger partial charge in [0.05, 0.1) is 19.3 Å². The molecule has 3 N–H and O–H groups in total. The molecule has 2 atom stereocenters. The van der Waals surface area contributed by atoms with Crippen molar-refractivity contribution in [2.24, 2.45) is 0 Å². The van der Waals surface area contributed by atoms with Gasteiger partial charge in [0, 0.05) is 50.5 Å². The lowest BCUT2D eigenvalue weighted by Gasteiger charge is -2.35. The van der Waals surface area contributed by atoms with Gasteiger partial charge in [-0.05, 0) is 39.4 Å². The van der Waals surface area contributed by atoms with Gasteiger partial charge in [0.15, 0.2) is 5.82 Å².